The molecule has 0 radical (unpaired) electrons. The summed E-state index contributed by atoms with van der Waals surface area (Å²) in [7, 11) is -3.50. The Balaban J connectivity index is 1.76. The number of nitrogens with one attached hydrogen (secondary N) is 1. The summed E-state index contributed by atoms with van der Waals surface area (Å²) in [5.74, 6) is 0. The SMILES string of the molecule is O=S(=O)(NCc1nn2cnnc2s1)c1ccc(Br)s1. The van der Waals surface area contributed by atoms with Crippen LogP contribution in [-0.2, 0) is 16.6 Å². The molecule has 0 aromatic carbocycles. The number of fused-ring (bicyclic) bond motifs is 1. The Hall–Kier alpha value is -0.880. The van der Waals surface area contributed by atoms with Gasteiger partial charge in [0, 0.05) is 0 Å². The zero-order chi connectivity index (χ0) is 13.5. The number of aromatic nitrogens is 4. The first-order valence-electron chi connectivity index (χ1n) is 4.95. The first kappa shape index (κ1) is 13.1. The lowest BCUT2D eigenvalue weighted by atomic mass is 10.7. The van der Waals surface area contributed by atoms with Gasteiger partial charge in [-0.3, -0.25) is 0 Å². The van der Waals surface area contributed by atoms with Crippen LogP contribution in [0.25, 0.3) is 4.96 Å². The minimum absolute atomic E-state index is 0.131. The van der Waals surface area contributed by atoms with Crippen molar-refractivity contribution in [1.82, 2.24) is 24.5 Å². The highest BCUT2D eigenvalue weighted by Crippen LogP contribution is 2.26. The summed E-state index contributed by atoms with van der Waals surface area (Å²) in [5.41, 5.74) is 0. The molecule has 7 nitrogen and oxygen atoms in total. The molecular formula is C8H6BrN5O2S3. The van der Waals surface area contributed by atoms with Gasteiger partial charge in [0.05, 0.1) is 10.3 Å². The van der Waals surface area contributed by atoms with Crippen LogP contribution >= 0.6 is 38.6 Å². The van der Waals surface area contributed by atoms with E-state index >= 15 is 0 Å². The fraction of sp³-hybridized carbons (Fsp3) is 0.125. The van der Waals surface area contributed by atoms with Crippen molar-refractivity contribution >= 4 is 53.6 Å². The molecule has 0 aliphatic carbocycles. The van der Waals surface area contributed by atoms with Gasteiger partial charge in [-0.1, -0.05) is 11.3 Å². The summed E-state index contributed by atoms with van der Waals surface area (Å²) >= 11 is 5.68. The van der Waals surface area contributed by atoms with Crippen molar-refractivity contribution in [2.24, 2.45) is 0 Å². The molecule has 11 heteroatoms. The Morgan fingerprint density at radius 1 is 1.37 bits per heavy atom. The zero-order valence-corrected chi connectivity index (χ0v) is 13.2. The second-order valence-electron chi connectivity index (χ2n) is 3.44. The highest BCUT2D eigenvalue weighted by molar-refractivity contribution is 9.11. The predicted molar refractivity (Wildman–Crippen MR) is 74.7 cm³/mol. The molecule has 0 saturated carbocycles. The number of hydrogen-bond donors (Lipinski definition) is 1. The lowest BCUT2D eigenvalue weighted by Crippen LogP contribution is -2.22. The Labute approximate surface area is 124 Å². The first-order valence-corrected chi connectivity index (χ1v) is 8.86. The standard InChI is InChI=1S/C8H6BrN5O2S3/c9-5-1-2-7(17-5)19(15,16)11-3-6-13-14-4-10-12-8(14)18-6/h1-2,4,11H,3H2. The van der Waals surface area contributed by atoms with Crippen molar-refractivity contribution < 1.29 is 8.42 Å². The lowest BCUT2D eigenvalue weighted by molar-refractivity contribution is 0.583. The van der Waals surface area contributed by atoms with Crippen LogP contribution in [0.4, 0.5) is 0 Å². The number of hydrogen-bond acceptors (Lipinski definition) is 7. The van der Waals surface area contributed by atoms with Crippen molar-refractivity contribution in [3.63, 3.8) is 0 Å². The van der Waals surface area contributed by atoms with E-state index in [9.17, 15) is 8.42 Å². The molecule has 19 heavy (non-hydrogen) atoms. The largest absolute Gasteiger partial charge is 0.250 e. The molecule has 1 N–H and O–H groups in total. The second-order valence-corrected chi connectivity index (χ2v) is 8.93. The Morgan fingerprint density at radius 3 is 2.89 bits per heavy atom. The molecule has 3 aromatic rings. The van der Waals surface area contributed by atoms with E-state index in [1.54, 1.807) is 12.1 Å². The Morgan fingerprint density at radius 2 is 2.21 bits per heavy atom. The third-order valence-corrected chi connectivity index (χ3v) is 6.59. The highest BCUT2D eigenvalue weighted by atomic mass is 79.9. The first-order chi connectivity index (χ1) is 9.04. The van der Waals surface area contributed by atoms with E-state index in [2.05, 4.69) is 35.9 Å². The van der Waals surface area contributed by atoms with Gasteiger partial charge in [-0.05, 0) is 28.1 Å². The molecule has 3 aromatic heterocycles. The van der Waals surface area contributed by atoms with Gasteiger partial charge in [-0.15, -0.1) is 21.5 Å². The number of thiophene rings is 1. The van der Waals surface area contributed by atoms with Gasteiger partial charge >= 0.3 is 0 Å². The maximum absolute atomic E-state index is 12.0. The molecule has 0 bridgehead atoms. The van der Waals surface area contributed by atoms with E-state index in [0.717, 1.165) is 15.1 Å². The van der Waals surface area contributed by atoms with Crippen molar-refractivity contribution in [2.75, 3.05) is 0 Å². The number of nitrogens with zero attached hydrogens (tertiary/aromatic N) is 4. The van der Waals surface area contributed by atoms with Gasteiger partial charge in [0.1, 0.15) is 15.5 Å². The van der Waals surface area contributed by atoms with Crippen LogP contribution in [0, 0.1) is 0 Å². The monoisotopic (exact) mass is 379 g/mol. The topological polar surface area (TPSA) is 89.2 Å². The smallest absolute Gasteiger partial charge is 0.206 e. The van der Waals surface area contributed by atoms with Crippen LogP contribution in [0.1, 0.15) is 5.01 Å². The second kappa shape index (κ2) is 4.90. The molecule has 3 heterocycles. The summed E-state index contributed by atoms with van der Waals surface area (Å²) < 4.78 is 29.0. The van der Waals surface area contributed by atoms with Gasteiger partial charge in [0.15, 0.2) is 0 Å². The molecule has 0 atom stereocenters. The van der Waals surface area contributed by atoms with E-state index in [0.29, 0.717) is 9.97 Å². The van der Waals surface area contributed by atoms with E-state index in [-0.39, 0.29) is 10.8 Å². The normalized spacial score (nSPS) is 12.3. The van der Waals surface area contributed by atoms with Crippen molar-refractivity contribution in [3.05, 3.63) is 27.3 Å². The van der Waals surface area contributed by atoms with Crippen LogP contribution in [0.5, 0.6) is 0 Å². The maximum Gasteiger partial charge on any atom is 0.250 e. The van der Waals surface area contributed by atoms with Gasteiger partial charge in [0.25, 0.3) is 0 Å². The predicted octanol–water partition coefficient (Wildman–Crippen LogP) is 1.49. The van der Waals surface area contributed by atoms with E-state index < -0.39 is 10.0 Å². The average molecular weight is 380 g/mol. The average Bonchev–Trinajstić information content (AvgIpc) is 3.00. The minimum Gasteiger partial charge on any atom is -0.206 e. The molecule has 0 amide bonds. The maximum atomic E-state index is 12.0. The van der Waals surface area contributed by atoms with Crippen LogP contribution in [0.15, 0.2) is 26.5 Å². The molecule has 0 fully saturated rings. The molecule has 0 unspecified atom stereocenters. The third kappa shape index (κ3) is 2.69. The highest BCUT2D eigenvalue weighted by Gasteiger charge is 2.17. The fourth-order valence-electron chi connectivity index (χ4n) is 1.34. The van der Waals surface area contributed by atoms with Gasteiger partial charge < -0.3 is 0 Å². The Bertz CT molecular complexity index is 792. The molecule has 100 valence electrons. The zero-order valence-electron chi connectivity index (χ0n) is 9.15. The molecule has 0 spiro atoms. The van der Waals surface area contributed by atoms with Gasteiger partial charge in [-0.25, -0.2) is 13.1 Å². The number of halogens is 1. The van der Waals surface area contributed by atoms with Crippen molar-refractivity contribution in [3.8, 4) is 0 Å². The molecule has 3 rings (SSSR count). The molecule has 0 aliphatic heterocycles. The Kier molecular flexibility index (Phi) is 3.39. The summed E-state index contributed by atoms with van der Waals surface area (Å²) in [6, 6.07) is 3.25. The van der Waals surface area contributed by atoms with E-state index in [4.69, 9.17) is 0 Å². The number of sulfonamides is 1. The van der Waals surface area contributed by atoms with Crippen molar-refractivity contribution in [2.45, 2.75) is 10.8 Å². The van der Waals surface area contributed by atoms with Crippen LogP contribution in [0.2, 0.25) is 0 Å². The van der Waals surface area contributed by atoms with Crippen LogP contribution in [-0.4, -0.2) is 28.2 Å². The molecule has 0 saturated heterocycles. The third-order valence-electron chi connectivity index (χ3n) is 2.16. The van der Waals surface area contributed by atoms with E-state index in [1.807, 2.05) is 0 Å². The van der Waals surface area contributed by atoms with Gasteiger partial charge in [0.2, 0.25) is 15.0 Å². The van der Waals surface area contributed by atoms with Gasteiger partial charge in [-0.2, -0.15) is 9.61 Å². The lowest BCUT2D eigenvalue weighted by Gasteiger charge is -2.01. The van der Waals surface area contributed by atoms with Crippen LogP contribution in [0.3, 0.4) is 0 Å². The summed E-state index contributed by atoms with van der Waals surface area (Å²) in [4.78, 5) is 0.632. The number of rotatable bonds is 4. The van der Waals surface area contributed by atoms with Crippen LogP contribution < -0.4 is 4.72 Å². The molecule has 0 aliphatic rings. The quantitative estimate of drug-likeness (QED) is 0.741. The summed E-state index contributed by atoms with van der Waals surface area (Å²) in [6.45, 7) is 0.131. The van der Waals surface area contributed by atoms with E-state index in [1.165, 1.54) is 22.2 Å². The fourth-order valence-corrected chi connectivity index (χ4v) is 5.23. The summed E-state index contributed by atoms with van der Waals surface area (Å²) in [5, 5.41) is 12.3. The van der Waals surface area contributed by atoms with Crippen molar-refractivity contribution in [1.29, 1.82) is 0 Å². The summed E-state index contributed by atoms with van der Waals surface area (Å²) in [6.07, 6.45) is 1.47. The molecular weight excluding hydrogens is 374 g/mol. The minimum atomic E-state index is -3.50.